The van der Waals surface area contributed by atoms with E-state index in [-0.39, 0.29) is 0 Å². The van der Waals surface area contributed by atoms with Gasteiger partial charge in [-0.3, -0.25) is 0 Å². The van der Waals surface area contributed by atoms with Crippen LogP contribution in [0.2, 0.25) is 0 Å². The Bertz CT molecular complexity index is 693. The van der Waals surface area contributed by atoms with Crippen molar-refractivity contribution < 1.29 is 22.6 Å². The average molecular weight is 350 g/mol. The summed E-state index contributed by atoms with van der Waals surface area (Å²) in [6.07, 6.45) is 4.71. The minimum absolute atomic E-state index is 0.368. The first-order chi connectivity index (χ1) is 12.1. The van der Waals surface area contributed by atoms with Crippen LogP contribution in [0, 0.1) is 5.82 Å². The fraction of sp³-hybridized carbons (Fsp3) is 0.400. The van der Waals surface area contributed by atoms with Crippen molar-refractivity contribution in [2.45, 2.75) is 44.3 Å². The molecule has 1 fully saturated rings. The van der Waals surface area contributed by atoms with Gasteiger partial charge in [0.05, 0.1) is 6.10 Å². The Morgan fingerprint density at radius 2 is 1.56 bits per heavy atom. The summed E-state index contributed by atoms with van der Waals surface area (Å²) < 4.78 is 47.8. The zero-order chi connectivity index (χ0) is 17.8. The van der Waals surface area contributed by atoms with Gasteiger partial charge in [-0.05, 0) is 60.4 Å². The van der Waals surface area contributed by atoms with E-state index in [9.17, 15) is 13.2 Å². The lowest BCUT2D eigenvalue weighted by Gasteiger charge is -2.27. The number of halogens is 3. The summed E-state index contributed by atoms with van der Waals surface area (Å²) in [5.41, 5.74) is 2.75. The Balaban J connectivity index is 1.71. The van der Waals surface area contributed by atoms with Crippen LogP contribution in [0.5, 0.6) is 5.75 Å². The lowest BCUT2D eigenvalue weighted by Crippen LogP contribution is -2.19. The van der Waals surface area contributed by atoms with Gasteiger partial charge >= 0.3 is 6.61 Å². The van der Waals surface area contributed by atoms with E-state index in [0.717, 1.165) is 31.2 Å². The first-order valence-corrected chi connectivity index (χ1v) is 8.44. The summed E-state index contributed by atoms with van der Waals surface area (Å²) >= 11 is 0. The molecule has 0 saturated heterocycles. The smallest absolute Gasteiger partial charge is 0.387 e. The lowest BCUT2D eigenvalue weighted by atomic mass is 9.82. The van der Waals surface area contributed by atoms with Crippen LogP contribution in [0.4, 0.5) is 13.2 Å². The molecule has 25 heavy (non-hydrogen) atoms. The van der Waals surface area contributed by atoms with Crippen LogP contribution < -0.4 is 4.74 Å². The Kier molecular flexibility index (Phi) is 5.63. The van der Waals surface area contributed by atoms with Crippen LogP contribution in [0.1, 0.15) is 37.2 Å². The van der Waals surface area contributed by atoms with Crippen LogP contribution in [-0.4, -0.2) is 19.8 Å². The maximum absolute atomic E-state index is 13.9. The highest BCUT2D eigenvalue weighted by Gasteiger charge is 2.22. The van der Waals surface area contributed by atoms with Crippen molar-refractivity contribution in [3.8, 4) is 16.9 Å². The number of alkyl halides is 2. The second-order valence-electron chi connectivity index (χ2n) is 6.36. The molecule has 2 aromatic carbocycles. The molecule has 2 aromatic rings. The number of rotatable bonds is 5. The van der Waals surface area contributed by atoms with E-state index >= 15 is 0 Å². The van der Waals surface area contributed by atoms with Crippen LogP contribution in [0.3, 0.4) is 0 Å². The standard InChI is InChI=1S/C20H21F3O2/c1-24-17-9-6-14(7-10-17)13-2-4-15(5-3-13)16-8-11-19(18(21)12-16)25-20(22)23/h2-5,8,11-12,14,17,20H,6-7,9-10H2,1H3. The van der Waals surface area contributed by atoms with E-state index in [2.05, 4.69) is 16.9 Å². The molecule has 0 atom stereocenters. The summed E-state index contributed by atoms with van der Waals surface area (Å²) in [6.45, 7) is -3.03. The predicted molar refractivity (Wildman–Crippen MR) is 90.5 cm³/mol. The van der Waals surface area contributed by atoms with Gasteiger partial charge in [-0.2, -0.15) is 8.78 Å². The zero-order valence-electron chi connectivity index (χ0n) is 14.1. The highest BCUT2D eigenvalue weighted by atomic mass is 19.3. The maximum Gasteiger partial charge on any atom is 0.387 e. The van der Waals surface area contributed by atoms with Gasteiger partial charge in [-0.25, -0.2) is 4.39 Å². The van der Waals surface area contributed by atoms with Crippen LogP contribution in [0.15, 0.2) is 42.5 Å². The van der Waals surface area contributed by atoms with Gasteiger partial charge in [0.2, 0.25) is 0 Å². The normalized spacial score (nSPS) is 20.7. The molecule has 3 rings (SSSR count). The molecule has 2 nitrogen and oxygen atoms in total. The Labute approximate surface area is 145 Å². The van der Waals surface area contributed by atoms with E-state index in [1.165, 1.54) is 17.7 Å². The van der Waals surface area contributed by atoms with Gasteiger partial charge in [-0.1, -0.05) is 30.3 Å². The topological polar surface area (TPSA) is 18.5 Å². The Hall–Kier alpha value is -2.01. The molecule has 1 aliphatic carbocycles. The molecule has 134 valence electrons. The lowest BCUT2D eigenvalue weighted by molar-refractivity contribution is -0.0521. The summed E-state index contributed by atoms with van der Waals surface area (Å²) in [7, 11) is 1.76. The van der Waals surface area contributed by atoms with E-state index in [4.69, 9.17) is 4.74 Å². The van der Waals surface area contributed by atoms with Gasteiger partial charge in [0.15, 0.2) is 11.6 Å². The van der Waals surface area contributed by atoms with Crippen LogP contribution in [0.25, 0.3) is 11.1 Å². The first-order valence-electron chi connectivity index (χ1n) is 8.44. The molecular weight excluding hydrogens is 329 g/mol. The highest BCUT2D eigenvalue weighted by Crippen LogP contribution is 2.35. The Morgan fingerprint density at radius 3 is 2.12 bits per heavy atom. The molecule has 0 aromatic heterocycles. The largest absolute Gasteiger partial charge is 0.432 e. The predicted octanol–water partition coefficient (Wildman–Crippen LogP) is 5.77. The molecule has 5 heteroatoms. The summed E-state index contributed by atoms with van der Waals surface area (Å²) in [4.78, 5) is 0. The van der Waals surface area contributed by atoms with Crippen molar-refractivity contribution in [3.63, 3.8) is 0 Å². The fourth-order valence-corrected chi connectivity index (χ4v) is 3.45. The highest BCUT2D eigenvalue weighted by molar-refractivity contribution is 5.64. The molecule has 0 heterocycles. The second-order valence-corrected chi connectivity index (χ2v) is 6.36. The van der Waals surface area contributed by atoms with Gasteiger partial charge < -0.3 is 9.47 Å². The van der Waals surface area contributed by atoms with Crippen LogP contribution >= 0.6 is 0 Å². The molecule has 0 amide bonds. The van der Waals surface area contributed by atoms with Crippen molar-refractivity contribution in [2.75, 3.05) is 7.11 Å². The third-order valence-corrected chi connectivity index (χ3v) is 4.87. The number of methoxy groups -OCH3 is 1. The molecule has 0 aliphatic heterocycles. The first kappa shape index (κ1) is 17.8. The minimum Gasteiger partial charge on any atom is -0.432 e. The second kappa shape index (κ2) is 7.91. The summed E-state index contributed by atoms with van der Waals surface area (Å²) in [5.74, 6) is -0.705. The summed E-state index contributed by atoms with van der Waals surface area (Å²) in [6, 6.07) is 12.1. The van der Waals surface area contributed by atoms with E-state index in [1.54, 1.807) is 13.2 Å². The van der Waals surface area contributed by atoms with Gasteiger partial charge in [-0.15, -0.1) is 0 Å². The third-order valence-electron chi connectivity index (χ3n) is 4.87. The van der Waals surface area contributed by atoms with Crippen molar-refractivity contribution >= 4 is 0 Å². The molecule has 0 spiro atoms. The molecule has 0 bridgehead atoms. The zero-order valence-corrected chi connectivity index (χ0v) is 14.1. The van der Waals surface area contributed by atoms with Crippen molar-refractivity contribution in [1.29, 1.82) is 0 Å². The third kappa shape index (κ3) is 4.34. The fourth-order valence-electron chi connectivity index (χ4n) is 3.45. The SMILES string of the molecule is COC1CCC(c2ccc(-c3ccc(OC(F)F)c(F)c3)cc2)CC1. The molecule has 0 radical (unpaired) electrons. The minimum atomic E-state index is -3.03. The molecule has 0 unspecified atom stereocenters. The van der Waals surface area contributed by atoms with Gasteiger partial charge in [0.25, 0.3) is 0 Å². The number of hydrogen-bond donors (Lipinski definition) is 0. The van der Waals surface area contributed by atoms with Crippen molar-refractivity contribution in [3.05, 3.63) is 53.8 Å². The quantitative estimate of drug-likeness (QED) is 0.682. The maximum atomic E-state index is 13.9. The average Bonchev–Trinajstić information content (AvgIpc) is 2.63. The van der Waals surface area contributed by atoms with E-state index < -0.39 is 18.2 Å². The Morgan fingerprint density at radius 1 is 0.920 bits per heavy atom. The van der Waals surface area contributed by atoms with E-state index in [1.807, 2.05) is 12.1 Å². The monoisotopic (exact) mass is 350 g/mol. The molecule has 0 N–H and O–H groups in total. The molecule has 1 saturated carbocycles. The van der Waals surface area contributed by atoms with Crippen molar-refractivity contribution in [2.24, 2.45) is 0 Å². The number of benzene rings is 2. The number of ether oxygens (including phenoxy) is 2. The van der Waals surface area contributed by atoms with Gasteiger partial charge in [0, 0.05) is 7.11 Å². The molecular formula is C20H21F3O2. The summed E-state index contributed by atoms with van der Waals surface area (Å²) in [5, 5.41) is 0. The number of hydrogen-bond acceptors (Lipinski definition) is 2. The van der Waals surface area contributed by atoms with E-state index in [0.29, 0.717) is 17.6 Å². The van der Waals surface area contributed by atoms with Crippen molar-refractivity contribution in [1.82, 2.24) is 0 Å². The molecule has 1 aliphatic rings. The van der Waals surface area contributed by atoms with Gasteiger partial charge in [0.1, 0.15) is 0 Å². The van der Waals surface area contributed by atoms with Crippen LogP contribution in [-0.2, 0) is 4.74 Å².